The van der Waals surface area contributed by atoms with Crippen LogP contribution < -0.4 is 0 Å². The van der Waals surface area contributed by atoms with Crippen LogP contribution >= 0.6 is 23.4 Å². The Bertz CT molecular complexity index is 800. The molecule has 0 aliphatic carbocycles. The van der Waals surface area contributed by atoms with E-state index in [0.29, 0.717) is 11.6 Å². The van der Waals surface area contributed by atoms with E-state index in [-0.39, 0.29) is 0 Å². The van der Waals surface area contributed by atoms with Crippen molar-refractivity contribution in [2.75, 3.05) is 19.5 Å². The number of benzene rings is 2. The molecule has 0 spiro atoms. The summed E-state index contributed by atoms with van der Waals surface area (Å²) in [6, 6.07) is 16.0. The van der Waals surface area contributed by atoms with E-state index in [0.717, 1.165) is 28.0 Å². The Balaban J connectivity index is 2.05. The summed E-state index contributed by atoms with van der Waals surface area (Å²) in [7, 11) is 1.70. The van der Waals surface area contributed by atoms with Crippen LogP contribution in [-0.4, -0.2) is 34.2 Å². The standard InChI is InChI=1S/C18H18ClN3OS/c1-13-3-9-16(10-4-13)22-17(14-5-7-15(19)8-6-14)20-21-18(22)24-12-11-23-2/h3-10H,11-12H2,1-2H3. The van der Waals surface area contributed by atoms with Crippen molar-refractivity contribution >= 4 is 23.4 Å². The third kappa shape index (κ3) is 3.80. The van der Waals surface area contributed by atoms with Crippen LogP contribution in [0.15, 0.2) is 53.7 Å². The van der Waals surface area contributed by atoms with E-state index in [9.17, 15) is 0 Å². The molecule has 6 heteroatoms. The zero-order valence-electron chi connectivity index (χ0n) is 13.6. The van der Waals surface area contributed by atoms with Crippen LogP contribution in [0.1, 0.15) is 5.56 Å². The molecule has 0 radical (unpaired) electrons. The van der Waals surface area contributed by atoms with Crippen LogP contribution in [0.4, 0.5) is 0 Å². The minimum Gasteiger partial charge on any atom is -0.384 e. The molecule has 0 bridgehead atoms. The molecule has 3 rings (SSSR count). The highest BCUT2D eigenvalue weighted by atomic mass is 35.5. The summed E-state index contributed by atoms with van der Waals surface area (Å²) < 4.78 is 7.21. The highest BCUT2D eigenvalue weighted by Crippen LogP contribution is 2.28. The van der Waals surface area contributed by atoms with Crippen LogP contribution in [0.25, 0.3) is 17.1 Å². The zero-order chi connectivity index (χ0) is 16.9. The van der Waals surface area contributed by atoms with E-state index in [4.69, 9.17) is 16.3 Å². The maximum Gasteiger partial charge on any atom is 0.196 e. The number of halogens is 1. The molecule has 0 N–H and O–H groups in total. The SMILES string of the molecule is COCCSc1nnc(-c2ccc(Cl)cc2)n1-c1ccc(C)cc1. The predicted octanol–water partition coefficient (Wildman–Crippen LogP) is 4.63. The van der Waals surface area contributed by atoms with Crippen molar-refractivity contribution in [1.29, 1.82) is 0 Å². The number of nitrogens with zero attached hydrogens (tertiary/aromatic N) is 3. The van der Waals surface area contributed by atoms with Crippen molar-refractivity contribution in [2.45, 2.75) is 12.1 Å². The summed E-state index contributed by atoms with van der Waals surface area (Å²) in [5, 5.41) is 10.3. The maximum atomic E-state index is 6.00. The van der Waals surface area contributed by atoms with Gasteiger partial charge in [0.05, 0.1) is 6.61 Å². The second-order valence-electron chi connectivity index (χ2n) is 5.33. The monoisotopic (exact) mass is 359 g/mol. The first-order valence-corrected chi connectivity index (χ1v) is 8.95. The molecule has 0 unspecified atom stereocenters. The first-order valence-electron chi connectivity index (χ1n) is 7.59. The smallest absolute Gasteiger partial charge is 0.196 e. The summed E-state index contributed by atoms with van der Waals surface area (Å²) in [6.07, 6.45) is 0. The van der Waals surface area contributed by atoms with Crippen LogP contribution in [0.5, 0.6) is 0 Å². The van der Waals surface area contributed by atoms with Crippen molar-refractivity contribution in [3.05, 3.63) is 59.1 Å². The van der Waals surface area contributed by atoms with Gasteiger partial charge < -0.3 is 4.74 Å². The van der Waals surface area contributed by atoms with Gasteiger partial charge in [-0.1, -0.05) is 41.1 Å². The number of ether oxygens (including phenoxy) is 1. The van der Waals surface area contributed by atoms with Gasteiger partial charge in [0.15, 0.2) is 11.0 Å². The average molecular weight is 360 g/mol. The summed E-state index contributed by atoms with van der Waals surface area (Å²) in [6.45, 7) is 2.74. The third-order valence-corrected chi connectivity index (χ3v) is 4.69. The molecule has 2 aromatic carbocycles. The van der Waals surface area contributed by atoms with Crippen LogP contribution in [-0.2, 0) is 4.74 Å². The van der Waals surface area contributed by atoms with Crippen LogP contribution in [0.3, 0.4) is 0 Å². The number of thioether (sulfide) groups is 1. The van der Waals surface area contributed by atoms with Gasteiger partial charge in [-0.25, -0.2) is 0 Å². The maximum absolute atomic E-state index is 6.00. The van der Waals surface area contributed by atoms with Crippen molar-refractivity contribution in [2.24, 2.45) is 0 Å². The molecule has 0 atom stereocenters. The lowest BCUT2D eigenvalue weighted by Crippen LogP contribution is -2.01. The molecule has 1 heterocycles. The van der Waals surface area contributed by atoms with Crippen molar-refractivity contribution in [3.8, 4) is 17.1 Å². The van der Waals surface area contributed by atoms with E-state index < -0.39 is 0 Å². The number of hydrogen-bond donors (Lipinski definition) is 0. The molecule has 24 heavy (non-hydrogen) atoms. The Hall–Kier alpha value is -1.82. The molecule has 4 nitrogen and oxygen atoms in total. The number of methoxy groups -OCH3 is 1. The molecular formula is C18H18ClN3OS. The van der Waals surface area contributed by atoms with Crippen molar-refractivity contribution < 1.29 is 4.74 Å². The summed E-state index contributed by atoms with van der Waals surface area (Å²) >= 11 is 7.63. The summed E-state index contributed by atoms with van der Waals surface area (Å²) in [4.78, 5) is 0. The number of aromatic nitrogens is 3. The Kier molecular flexibility index (Phi) is 5.56. The van der Waals surface area contributed by atoms with Gasteiger partial charge in [-0.3, -0.25) is 4.57 Å². The topological polar surface area (TPSA) is 39.9 Å². The fourth-order valence-corrected chi connectivity index (χ4v) is 3.27. The quantitative estimate of drug-likeness (QED) is 0.475. The molecule has 3 aromatic rings. The predicted molar refractivity (Wildman–Crippen MR) is 99.1 cm³/mol. The minimum absolute atomic E-state index is 0.668. The molecule has 124 valence electrons. The molecule has 0 aliphatic rings. The lowest BCUT2D eigenvalue weighted by Gasteiger charge is -2.10. The third-order valence-electron chi connectivity index (χ3n) is 3.55. The first-order chi connectivity index (χ1) is 11.7. The van der Waals surface area contributed by atoms with Gasteiger partial charge in [-0.15, -0.1) is 10.2 Å². The van der Waals surface area contributed by atoms with E-state index >= 15 is 0 Å². The second-order valence-corrected chi connectivity index (χ2v) is 6.82. The van der Waals surface area contributed by atoms with Crippen molar-refractivity contribution in [1.82, 2.24) is 14.8 Å². The molecule has 0 amide bonds. The van der Waals surface area contributed by atoms with E-state index in [1.807, 2.05) is 24.3 Å². The largest absolute Gasteiger partial charge is 0.384 e. The molecular weight excluding hydrogens is 342 g/mol. The van der Waals surface area contributed by atoms with E-state index in [1.165, 1.54) is 5.56 Å². The Morgan fingerprint density at radius 3 is 2.42 bits per heavy atom. The Morgan fingerprint density at radius 1 is 1.04 bits per heavy atom. The molecule has 0 saturated heterocycles. The fourth-order valence-electron chi connectivity index (χ4n) is 2.29. The van der Waals surface area contributed by atoms with Gasteiger partial charge in [-0.2, -0.15) is 0 Å². The molecule has 1 aromatic heterocycles. The van der Waals surface area contributed by atoms with Gasteiger partial charge in [0.25, 0.3) is 0 Å². The fraction of sp³-hybridized carbons (Fsp3) is 0.222. The van der Waals surface area contributed by atoms with E-state index in [2.05, 4.69) is 46.0 Å². The highest BCUT2D eigenvalue weighted by Gasteiger charge is 2.16. The normalized spacial score (nSPS) is 11.0. The minimum atomic E-state index is 0.668. The van der Waals surface area contributed by atoms with Gasteiger partial charge in [0, 0.05) is 29.1 Å². The first kappa shape index (κ1) is 17.0. The summed E-state index contributed by atoms with van der Waals surface area (Å²) in [5.41, 5.74) is 3.23. The average Bonchev–Trinajstić information content (AvgIpc) is 3.00. The molecule has 0 saturated carbocycles. The molecule has 0 fully saturated rings. The Morgan fingerprint density at radius 2 is 1.75 bits per heavy atom. The lowest BCUT2D eigenvalue weighted by atomic mass is 10.2. The summed E-state index contributed by atoms with van der Waals surface area (Å²) in [5.74, 6) is 1.62. The highest BCUT2D eigenvalue weighted by molar-refractivity contribution is 7.99. The van der Waals surface area contributed by atoms with Crippen LogP contribution in [0, 0.1) is 6.92 Å². The van der Waals surface area contributed by atoms with Gasteiger partial charge in [0.2, 0.25) is 0 Å². The number of hydrogen-bond acceptors (Lipinski definition) is 4. The lowest BCUT2D eigenvalue weighted by molar-refractivity contribution is 0.218. The van der Waals surface area contributed by atoms with Gasteiger partial charge >= 0.3 is 0 Å². The van der Waals surface area contributed by atoms with Crippen LogP contribution in [0.2, 0.25) is 5.02 Å². The van der Waals surface area contributed by atoms with E-state index in [1.54, 1.807) is 18.9 Å². The number of aryl methyl sites for hydroxylation is 1. The van der Waals surface area contributed by atoms with Gasteiger partial charge in [0.1, 0.15) is 0 Å². The van der Waals surface area contributed by atoms with Crippen molar-refractivity contribution in [3.63, 3.8) is 0 Å². The zero-order valence-corrected chi connectivity index (χ0v) is 15.1. The molecule has 0 aliphatic heterocycles. The van der Waals surface area contributed by atoms with Gasteiger partial charge in [-0.05, 0) is 43.3 Å². The second kappa shape index (κ2) is 7.83. The number of rotatable bonds is 6. The Labute approximate surface area is 150 Å².